The van der Waals surface area contributed by atoms with Crippen LogP contribution in [0.25, 0.3) is 0 Å². The predicted octanol–water partition coefficient (Wildman–Crippen LogP) is 4.27. The van der Waals surface area contributed by atoms with Crippen molar-refractivity contribution in [2.45, 2.75) is 6.92 Å². The lowest BCUT2D eigenvalue weighted by Gasteiger charge is -2.10. The molecule has 0 saturated carbocycles. The van der Waals surface area contributed by atoms with E-state index in [4.69, 9.17) is 4.74 Å². The third-order valence-corrected chi connectivity index (χ3v) is 3.31. The van der Waals surface area contributed by atoms with Gasteiger partial charge in [-0.15, -0.1) is 0 Å². The maximum atomic E-state index is 10.8. The SMILES string of the molecule is Cc1ccc([N+](=O)[O-])cc1Oc1ccc(C=O)cc1Br. The Balaban J connectivity index is 2.36. The molecule has 0 bridgehead atoms. The van der Waals surface area contributed by atoms with Crippen LogP contribution in [0.4, 0.5) is 5.69 Å². The number of hydrogen-bond acceptors (Lipinski definition) is 4. The fourth-order valence-electron chi connectivity index (χ4n) is 1.60. The molecule has 102 valence electrons. The first kappa shape index (κ1) is 14.2. The van der Waals surface area contributed by atoms with Crippen molar-refractivity contribution in [3.05, 3.63) is 62.1 Å². The highest BCUT2D eigenvalue weighted by atomic mass is 79.9. The molecule has 0 saturated heterocycles. The zero-order valence-electron chi connectivity index (χ0n) is 10.5. The number of benzene rings is 2. The van der Waals surface area contributed by atoms with Crippen LogP contribution in [0.1, 0.15) is 15.9 Å². The second kappa shape index (κ2) is 5.83. The summed E-state index contributed by atoms with van der Waals surface area (Å²) >= 11 is 3.30. The molecule has 0 aliphatic rings. The number of aldehydes is 1. The molecule has 0 radical (unpaired) electrons. The Hall–Kier alpha value is -2.21. The van der Waals surface area contributed by atoms with Gasteiger partial charge in [-0.25, -0.2) is 0 Å². The standard InChI is InChI=1S/C14H10BrNO4/c1-9-2-4-11(16(18)19)7-14(9)20-13-5-3-10(8-17)6-12(13)15/h2-8H,1H3. The summed E-state index contributed by atoms with van der Waals surface area (Å²) in [6.07, 6.45) is 0.729. The van der Waals surface area contributed by atoms with Gasteiger partial charge in [0.25, 0.3) is 5.69 Å². The van der Waals surface area contributed by atoms with E-state index >= 15 is 0 Å². The quantitative estimate of drug-likeness (QED) is 0.475. The highest BCUT2D eigenvalue weighted by molar-refractivity contribution is 9.10. The molecule has 5 nitrogen and oxygen atoms in total. The summed E-state index contributed by atoms with van der Waals surface area (Å²) in [6, 6.07) is 9.28. The Morgan fingerprint density at radius 1 is 1.20 bits per heavy atom. The number of ether oxygens (including phenoxy) is 1. The maximum Gasteiger partial charge on any atom is 0.273 e. The zero-order chi connectivity index (χ0) is 14.7. The van der Waals surface area contributed by atoms with Crippen LogP contribution >= 0.6 is 15.9 Å². The highest BCUT2D eigenvalue weighted by Crippen LogP contribution is 2.33. The number of nitro groups is 1. The van der Waals surface area contributed by atoms with E-state index in [0.29, 0.717) is 21.5 Å². The summed E-state index contributed by atoms with van der Waals surface area (Å²) in [4.78, 5) is 21.0. The number of carbonyl (C=O) groups is 1. The first-order valence-electron chi connectivity index (χ1n) is 5.69. The van der Waals surface area contributed by atoms with Crippen LogP contribution in [0.3, 0.4) is 0 Å². The number of non-ortho nitro benzene ring substituents is 1. The van der Waals surface area contributed by atoms with E-state index in [-0.39, 0.29) is 5.69 Å². The summed E-state index contributed by atoms with van der Waals surface area (Å²) in [6.45, 7) is 1.80. The Kier molecular flexibility index (Phi) is 4.14. The minimum Gasteiger partial charge on any atom is -0.456 e. The molecule has 0 unspecified atom stereocenters. The minimum absolute atomic E-state index is 0.0359. The first-order chi connectivity index (χ1) is 9.51. The van der Waals surface area contributed by atoms with Gasteiger partial charge in [-0.3, -0.25) is 14.9 Å². The summed E-state index contributed by atoms with van der Waals surface area (Å²) in [7, 11) is 0. The molecule has 2 aromatic carbocycles. The molecule has 6 heteroatoms. The molecule has 0 aromatic heterocycles. The van der Waals surface area contributed by atoms with E-state index < -0.39 is 4.92 Å². The van der Waals surface area contributed by atoms with E-state index in [1.165, 1.54) is 12.1 Å². The third kappa shape index (κ3) is 3.03. The van der Waals surface area contributed by atoms with Crippen molar-refractivity contribution in [1.82, 2.24) is 0 Å². The van der Waals surface area contributed by atoms with Gasteiger partial charge in [-0.05, 0) is 52.7 Å². The van der Waals surface area contributed by atoms with Crippen LogP contribution in [0, 0.1) is 17.0 Å². The maximum absolute atomic E-state index is 10.8. The van der Waals surface area contributed by atoms with Crippen LogP contribution in [0.15, 0.2) is 40.9 Å². The fourth-order valence-corrected chi connectivity index (χ4v) is 2.08. The lowest BCUT2D eigenvalue weighted by Crippen LogP contribution is -1.93. The number of hydrogen-bond donors (Lipinski definition) is 0. The first-order valence-corrected chi connectivity index (χ1v) is 6.48. The highest BCUT2D eigenvalue weighted by Gasteiger charge is 2.11. The van der Waals surface area contributed by atoms with Crippen LogP contribution < -0.4 is 4.74 Å². The van der Waals surface area contributed by atoms with Crippen LogP contribution in [0.2, 0.25) is 0 Å². The van der Waals surface area contributed by atoms with Gasteiger partial charge >= 0.3 is 0 Å². The Bertz CT molecular complexity index is 685. The number of aryl methyl sites for hydroxylation is 1. The Morgan fingerprint density at radius 3 is 2.55 bits per heavy atom. The van der Waals surface area contributed by atoms with Gasteiger partial charge in [-0.2, -0.15) is 0 Å². The van der Waals surface area contributed by atoms with Gasteiger partial charge in [0.2, 0.25) is 0 Å². The smallest absolute Gasteiger partial charge is 0.273 e. The van der Waals surface area contributed by atoms with E-state index in [9.17, 15) is 14.9 Å². The number of carbonyl (C=O) groups excluding carboxylic acids is 1. The monoisotopic (exact) mass is 335 g/mol. The predicted molar refractivity (Wildman–Crippen MR) is 77.4 cm³/mol. The number of nitrogens with zero attached hydrogens (tertiary/aromatic N) is 1. The van der Waals surface area contributed by atoms with Crippen LogP contribution in [-0.2, 0) is 0 Å². The average Bonchev–Trinajstić information content (AvgIpc) is 2.42. The van der Waals surface area contributed by atoms with E-state index in [0.717, 1.165) is 11.8 Å². The molecule has 2 aromatic rings. The van der Waals surface area contributed by atoms with Crippen molar-refractivity contribution in [1.29, 1.82) is 0 Å². The van der Waals surface area contributed by atoms with Crippen LogP contribution in [-0.4, -0.2) is 11.2 Å². The summed E-state index contributed by atoms with van der Waals surface area (Å²) in [5.74, 6) is 0.887. The van der Waals surface area contributed by atoms with Gasteiger partial charge < -0.3 is 4.74 Å². The Labute approximate surface area is 123 Å². The number of nitro benzene ring substituents is 1. The molecular weight excluding hydrogens is 326 g/mol. The minimum atomic E-state index is -0.475. The molecule has 20 heavy (non-hydrogen) atoms. The van der Waals surface area contributed by atoms with Gasteiger partial charge in [0.1, 0.15) is 17.8 Å². The molecule has 0 spiro atoms. The molecular formula is C14H10BrNO4. The molecule has 0 atom stereocenters. The summed E-state index contributed by atoms with van der Waals surface area (Å²) < 4.78 is 6.27. The summed E-state index contributed by atoms with van der Waals surface area (Å²) in [5.41, 5.74) is 1.26. The molecule has 2 rings (SSSR count). The molecule has 0 amide bonds. The molecule has 0 heterocycles. The van der Waals surface area contributed by atoms with Crippen molar-refractivity contribution in [2.24, 2.45) is 0 Å². The van der Waals surface area contributed by atoms with Crippen molar-refractivity contribution in [3.8, 4) is 11.5 Å². The summed E-state index contributed by atoms with van der Waals surface area (Å²) in [5, 5.41) is 10.8. The van der Waals surface area contributed by atoms with E-state index in [1.807, 2.05) is 0 Å². The van der Waals surface area contributed by atoms with Crippen molar-refractivity contribution >= 4 is 27.9 Å². The second-order valence-electron chi connectivity index (χ2n) is 4.12. The number of halogens is 1. The molecule has 0 aliphatic carbocycles. The second-order valence-corrected chi connectivity index (χ2v) is 4.97. The van der Waals surface area contributed by atoms with E-state index in [1.54, 1.807) is 31.2 Å². The van der Waals surface area contributed by atoms with Gasteiger partial charge in [0.05, 0.1) is 15.5 Å². The average molecular weight is 336 g/mol. The van der Waals surface area contributed by atoms with E-state index in [2.05, 4.69) is 15.9 Å². The zero-order valence-corrected chi connectivity index (χ0v) is 12.1. The number of rotatable bonds is 4. The topological polar surface area (TPSA) is 69.4 Å². The third-order valence-electron chi connectivity index (χ3n) is 2.69. The van der Waals surface area contributed by atoms with Gasteiger partial charge in [0.15, 0.2) is 0 Å². The molecule has 0 aliphatic heterocycles. The van der Waals surface area contributed by atoms with Crippen LogP contribution in [0.5, 0.6) is 11.5 Å². The fraction of sp³-hybridized carbons (Fsp3) is 0.0714. The van der Waals surface area contributed by atoms with Crippen molar-refractivity contribution in [3.63, 3.8) is 0 Å². The molecule has 0 fully saturated rings. The normalized spacial score (nSPS) is 10.1. The van der Waals surface area contributed by atoms with Crippen molar-refractivity contribution < 1.29 is 14.5 Å². The van der Waals surface area contributed by atoms with Gasteiger partial charge in [0, 0.05) is 11.6 Å². The Morgan fingerprint density at radius 2 is 1.95 bits per heavy atom. The lowest BCUT2D eigenvalue weighted by atomic mass is 10.2. The molecule has 0 N–H and O–H groups in total. The van der Waals surface area contributed by atoms with Gasteiger partial charge in [-0.1, -0.05) is 0 Å². The lowest BCUT2D eigenvalue weighted by molar-refractivity contribution is -0.384. The largest absolute Gasteiger partial charge is 0.456 e. The van der Waals surface area contributed by atoms with Crippen molar-refractivity contribution in [2.75, 3.05) is 0 Å².